The first kappa shape index (κ1) is 8.63. The zero-order valence-corrected chi connectivity index (χ0v) is 6.57. The van der Waals surface area contributed by atoms with E-state index in [-0.39, 0.29) is 0 Å². The lowest BCUT2D eigenvalue weighted by molar-refractivity contribution is -0.157. The number of urea groups is 1. The zero-order chi connectivity index (χ0) is 9.46. The highest BCUT2D eigenvalue weighted by Gasteiger charge is 2.42. The van der Waals surface area contributed by atoms with Gasteiger partial charge in [-0.15, -0.1) is 0 Å². The summed E-state index contributed by atoms with van der Waals surface area (Å²) in [5.74, 6) is -2.90. The Kier molecular flexibility index (Phi) is 1.83. The highest BCUT2D eigenvalue weighted by atomic mass is 19.2. The number of barbiturate groups is 1. The highest BCUT2D eigenvalue weighted by Crippen LogP contribution is 2.15. The van der Waals surface area contributed by atoms with Gasteiger partial charge in [0.25, 0.3) is 5.91 Å². The van der Waals surface area contributed by atoms with Gasteiger partial charge in [0.1, 0.15) is 5.92 Å². The van der Waals surface area contributed by atoms with Gasteiger partial charge < -0.3 is 0 Å². The number of nitrogens with zero attached hydrogens (tertiary/aromatic N) is 2. The van der Waals surface area contributed by atoms with Crippen molar-refractivity contribution >= 4 is 17.8 Å². The average molecular weight is 174 g/mol. The average Bonchev–Trinajstić information content (AvgIpc) is 2.08. The van der Waals surface area contributed by atoms with Gasteiger partial charge in [-0.1, -0.05) is 9.60 Å². The molecule has 1 atom stereocenters. The summed E-state index contributed by atoms with van der Waals surface area (Å²) in [6, 6.07) is -1.23. The van der Waals surface area contributed by atoms with Crippen molar-refractivity contribution in [2.45, 2.75) is 6.92 Å². The molecule has 0 saturated carbocycles. The molecule has 1 unspecified atom stereocenters. The standard InChI is InChI=1S/C6H7FN2O3/c1-3-4(10)8(2)6(12)9(7)5(3)11/h3H,1-2H3. The van der Waals surface area contributed by atoms with Crippen molar-refractivity contribution in [3.63, 3.8) is 0 Å². The molecule has 0 aromatic rings. The molecule has 5 nitrogen and oxygen atoms in total. The molecule has 0 N–H and O–H groups in total. The number of carbonyl (C=O) groups excluding carboxylic acids is 3. The number of imide groups is 2. The second-order valence-corrected chi connectivity index (χ2v) is 2.52. The molecular weight excluding hydrogens is 167 g/mol. The Labute approximate surface area is 67.7 Å². The molecule has 1 aliphatic heterocycles. The molecule has 1 saturated heterocycles. The minimum Gasteiger partial charge on any atom is -0.273 e. The molecule has 0 spiro atoms. The van der Waals surface area contributed by atoms with Crippen LogP contribution < -0.4 is 0 Å². The van der Waals surface area contributed by atoms with Crippen LogP contribution in [-0.4, -0.2) is 34.9 Å². The van der Waals surface area contributed by atoms with Crippen molar-refractivity contribution in [2.24, 2.45) is 5.92 Å². The van der Waals surface area contributed by atoms with Gasteiger partial charge in [0.2, 0.25) is 5.91 Å². The van der Waals surface area contributed by atoms with E-state index in [0.717, 1.165) is 7.05 Å². The van der Waals surface area contributed by atoms with Crippen LogP contribution in [0.3, 0.4) is 0 Å². The Balaban J connectivity index is 2.99. The molecular formula is C6H7FN2O3. The van der Waals surface area contributed by atoms with Crippen LogP contribution in [0.5, 0.6) is 0 Å². The fraction of sp³-hybridized carbons (Fsp3) is 0.500. The lowest BCUT2D eigenvalue weighted by Gasteiger charge is -2.27. The number of hydrogen-bond donors (Lipinski definition) is 0. The van der Waals surface area contributed by atoms with E-state index in [0.29, 0.717) is 4.90 Å². The minimum atomic E-state index is -1.23. The van der Waals surface area contributed by atoms with Crippen LogP contribution >= 0.6 is 0 Å². The van der Waals surface area contributed by atoms with E-state index >= 15 is 0 Å². The largest absolute Gasteiger partial charge is 0.362 e. The predicted molar refractivity (Wildman–Crippen MR) is 35.3 cm³/mol. The quantitative estimate of drug-likeness (QED) is 0.381. The third-order valence-corrected chi connectivity index (χ3v) is 1.72. The molecule has 4 amide bonds. The van der Waals surface area contributed by atoms with Gasteiger partial charge in [-0.2, -0.15) is 0 Å². The number of amides is 4. The summed E-state index contributed by atoms with van der Waals surface area (Å²) in [5, 5.41) is -0.550. The Morgan fingerprint density at radius 3 is 2.25 bits per heavy atom. The van der Waals surface area contributed by atoms with E-state index in [1.54, 1.807) is 0 Å². The summed E-state index contributed by atoms with van der Waals surface area (Å²) in [6.45, 7) is 1.25. The fourth-order valence-corrected chi connectivity index (χ4v) is 0.886. The third-order valence-electron chi connectivity index (χ3n) is 1.72. The molecule has 1 fully saturated rings. The first-order valence-corrected chi connectivity index (χ1v) is 3.28. The lowest BCUT2D eigenvalue weighted by atomic mass is 10.1. The summed E-state index contributed by atoms with van der Waals surface area (Å²) < 4.78 is 12.6. The van der Waals surface area contributed by atoms with Crippen molar-refractivity contribution in [3.05, 3.63) is 0 Å². The van der Waals surface area contributed by atoms with Crippen LogP contribution in [0.25, 0.3) is 0 Å². The Morgan fingerprint density at radius 2 is 1.75 bits per heavy atom. The van der Waals surface area contributed by atoms with Crippen molar-refractivity contribution < 1.29 is 18.9 Å². The normalized spacial score (nSPS) is 25.2. The maximum Gasteiger partial charge on any atom is 0.362 e. The Hall–Kier alpha value is -1.46. The van der Waals surface area contributed by atoms with Crippen LogP contribution in [0.2, 0.25) is 0 Å². The summed E-state index contributed by atoms with van der Waals surface area (Å²) >= 11 is 0. The van der Waals surface area contributed by atoms with Gasteiger partial charge in [0, 0.05) is 7.05 Å². The van der Waals surface area contributed by atoms with Crippen LogP contribution in [0.4, 0.5) is 9.28 Å². The molecule has 0 radical (unpaired) electrons. The van der Waals surface area contributed by atoms with Crippen molar-refractivity contribution in [1.82, 2.24) is 10.0 Å². The van der Waals surface area contributed by atoms with E-state index in [9.17, 15) is 18.9 Å². The molecule has 0 bridgehead atoms. The first-order valence-electron chi connectivity index (χ1n) is 3.28. The molecule has 1 aliphatic rings. The molecule has 66 valence electrons. The summed E-state index contributed by atoms with van der Waals surface area (Å²) in [5.41, 5.74) is 0. The van der Waals surface area contributed by atoms with Crippen molar-refractivity contribution in [1.29, 1.82) is 0 Å². The van der Waals surface area contributed by atoms with E-state index in [2.05, 4.69) is 0 Å². The molecule has 6 heteroatoms. The zero-order valence-electron chi connectivity index (χ0n) is 6.57. The smallest absolute Gasteiger partial charge is 0.273 e. The maximum absolute atomic E-state index is 12.6. The molecule has 12 heavy (non-hydrogen) atoms. The monoisotopic (exact) mass is 174 g/mol. The molecule has 0 aromatic carbocycles. The highest BCUT2D eigenvalue weighted by molar-refractivity contribution is 6.14. The van der Waals surface area contributed by atoms with Crippen LogP contribution in [0, 0.1) is 5.92 Å². The molecule has 0 aromatic heterocycles. The first-order chi connectivity index (χ1) is 5.46. The van der Waals surface area contributed by atoms with Crippen molar-refractivity contribution in [2.75, 3.05) is 7.05 Å². The minimum absolute atomic E-state index is 0.550. The van der Waals surface area contributed by atoms with Gasteiger partial charge in [0.15, 0.2) is 0 Å². The lowest BCUT2D eigenvalue weighted by Crippen LogP contribution is -2.54. The van der Waals surface area contributed by atoms with E-state index < -0.39 is 28.9 Å². The van der Waals surface area contributed by atoms with Crippen molar-refractivity contribution in [3.8, 4) is 0 Å². The second kappa shape index (κ2) is 2.54. The third kappa shape index (κ3) is 0.956. The van der Waals surface area contributed by atoms with Crippen LogP contribution in [0.15, 0.2) is 0 Å². The molecule has 0 aliphatic carbocycles. The van der Waals surface area contributed by atoms with E-state index in [1.165, 1.54) is 6.92 Å². The number of carbonyl (C=O) groups is 3. The molecule has 1 rings (SSSR count). The van der Waals surface area contributed by atoms with Crippen LogP contribution in [0.1, 0.15) is 6.92 Å². The van der Waals surface area contributed by atoms with Crippen LogP contribution in [-0.2, 0) is 9.59 Å². The second-order valence-electron chi connectivity index (χ2n) is 2.52. The number of halogens is 1. The van der Waals surface area contributed by atoms with Gasteiger partial charge >= 0.3 is 6.03 Å². The topological polar surface area (TPSA) is 57.7 Å². The fourth-order valence-electron chi connectivity index (χ4n) is 0.886. The Morgan fingerprint density at radius 1 is 1.25 bits per heavy atom. The summed E-state index contributed by atoms with van der Waals surface area (Å²) in [7, 11) is 1.13. The van der Waals surface area contributed by atoms with E-state index in [4.69, 9.17) is 0 Å². The van der Waals surface area contributed by atoms with Gasteiger partial charge in [-0.25, -0.2) is 4.79 Å². The summed E-state index contributed by atoms with van der Waals surface area (Å²) in [6.07, 6.45) is 0. The Bertz CT molecular complexity index is 205. The van der Waals surface area contributed by atoms with Gasteiger partial charge in [-0.05, 0) is 6.92 Å². The predicted octanol–water partition coefficient (Wildman–Crippen LogP) is -0.0724. The SMILES string of the molecule is CC1C(=O)N(C)C(=O)N(F)C1=O. The number of rotatable bonds is 0. The van der Waals surface area contributed by atoms with Gasteiger partial charge in [-0.3, -0.25) is 14.5 Å². The number of hydrogen-bond acceptors (Lipinski definition) is 3. The maximum atomic E-state index is 12.6. The molecule has 1 heterocycles. The summed E-state index contributed by atoms with van der Waals surface area (Å²) in [4.78, 5) is 33.1. The van der Waals surface area contributed by atoms with E-state index in [1.807, 2.05) is 0 Å². The van der Waals surface area contributed by atoms with Gasteiger partial charge in [0.05, 0.1) is 0 Å².